The van der Waals surface area contributed by atoms with Crippen LogP contribution < -0.4 is 27.4 Å². The van der Waals surface area contributed by atoms with Gasteiger partial charge >= 0.3 is 5.97 Å². The highest BCUT2D eigenvalue weighted by atomic mass is 16.4. The van der Waals surface area contributed by atoms with Crippen molar-refractivity contribution in [1.82, 2.24) is 16.0 Å². The maximum absolute atomic E-state index is 13.3. The van der Waals surface area contributed by atoms with Crippen LogP contribution in [0.5, 0.6) is 11.5 Å². The number of carbonyl (C=O) groups is 4. The minimum Gasteiger partial charge on any atom is -0.508 e. The molecule has 0 heterocycles. The van der Waals surface area contributed by atoms with Crippen molar-refractivity contribution in [2.45, 2.75) is 63.2 Å². The summed E-state index contributed by atoms with van der Waals surface area (Å²) in [5.41, 5.74) is 12.5. The molecule has 0 radical (unpaired) electrons. The van der Waals surface area contributed by atoms with Crippen molar-refractivity contribution in [1.29, 1.82) is 0 Å². The summed E-state index contributed by atoms with van der Waals surface area (Å²) in [6, 6.07) is 7.64. The molecule has 0 aliphatic rings. The molecule has 4 atom stereocenters. The predicted octanol–water partition coefficient (Wildman–Crippen LogP) is -0.102. The number of benzene rings is 2. The minimum absolute atomic E-state index is 0.0234. The lowest BCUT2D eigenvalue weighted by atomic mass is 10.0. The number of phenols is 2. The Morgan fingerprint density at radius 1 is 0.718 bits per heavy atom. The van der Waals surface area contributed by atoms with Gasteiger partial charge in [-0.2, -0.15) is 0 Å². The molecule has 3 amide bonds. The largest absolute Gasteiger partial charge is 0.508 e. The first-order chi connectivity index (χ1) is 18.5. The maximum atomic E-state index is 13.3. The monoisotopic (exact) mass is 543 g/mol. The van der Waals surface area contributed by atoms with Gasteiger partial charge in [0.1, 0.15) is 29.6 Å². The van der Waals surface area contributed by atoms with Gasteiger partial charge in [0.25, 0.3) is 0 Å². The average Bonchev–Trinajstić information content (AvgIpc) is 2.89. The van der Waals surface area contributed by atoms with E-state index in [-0.39, 0.29) is 30.8 Å². The van der Waals surface area contributed by atoms with Crippen LogP contribution in [0.3, 0.4) is 0 Å². The molecule has 4 unspecified atom stereocenters. The van der Waals surface area contributed by atoms with Crippen LogP contribution >= 0.6 is 0 Å². The number of hydrogen-bond acceptors (Lipinski definition) is 8. The van der Waals surface area contributed by atoms with Crippen LogP contribution in [0.25, 0.3) is 0 Å². The second kappa shape index (κ2) is 15.3. The zero-order valence-corrected chi connectivity index (χ0v) is 21.8. The Kier molecular flexibility index (Phi) is 12.2. The van der Waals surface area contributed by atoms with Crippen molar-refractivity contribution in [3.05, 3.63) is 59.7 Å². The average molecular weight is 544 g/mol. The lowest BCUT2D eigenvalue weighted by Crippen LogP contribution is -2.57. The van der Waals surface area contributed by atoms with Gasteiger partial charge in [-0.25, -0.2) is 4.79 Å². The number of phenolic OH excluding ortho intramolecular Hbond substituents is 2. The molecule has 2 aromatic carbocycles. The van der Waals surface area contributed by atoms with E-state index in [0.29, 0.717) is 30.5 Å². The van der Waals surface area contributed by atoms with Crippen molar-refractivity contribution in [2.24, 2.45) is 11.5 Å². The summed E-state index contributed by atoms with van der Waals surface area (Å²) in [5.74, 6) is -3.13. The molecule has 212 valence electrons. The first-order valence-electron chi connectivity index (χ1n) is 12.7. The normalized spacial score (nSPS) is 13.9. The van der Waals surface area contributed by atoms with E-state index in [1.807, 2.05) is 0 Å². The molecule has 12 heteroatoms. The molecule has 0 aromatic heterocycles. The molecule has 0 aliphatic heterocycles. The van der Waals surface area contributed by atoms with Crippen LogP contribution in [0.15, 0.2) is 48.5 Å². The molecule has 0 spiro atoms. The number of nitrogens with two attached hydrogens (primary N) is 2. The number of nitrogens with one attached hydrogen (secondary N) is 3. The molecule has 0 fully saturated rings. The van der Waals surface area contributed by atoms with Crippen molar-refractivity contribution in [3.8, 4) is 11.5 Å². The van der Waals surface area contributed by atoms with Gasteiger partial charge in [-0.1, -0.05) is 24.3 Å². The Hall–Kier alpha value is -4.16. The number of carboxylic acids is 1. The van der Waals surface area contributed by atoms with E-state index >= 15 is 0 Å². The van der Waals surface area contributed by atoms with Gasteiger partial charge in [-0.15, -0.1) is 0 Å². The van der Waals surface area contributed by atoms with Gasteiger partial charge in [0, 0.05) is 12.8 Å². The zero-order chi connectivity index (χ0) is 28.9. The van der Waals surface area contributed by atoms with Gasteiger partial charge in [0.15, 0.2) is 0 Å². The Morgan fingerprint density at radius 2 is 1.15 bits per heavy atom. The van der Waals surface area contributed by atoms with Crippen molar-refractivity contribution in [2.75, 3.05) is 6.54 Å². The third-order valence-electron chi connectivity index (χ3n) is 5.99. The van der Waals surface area contributed by atoms with E-state index in [4.69, 9.17) is 11.5 Å². The summed E-state index contributed by atoms with van der Waals surface area (Å²) >= 11 is 0. The van der Waals surface area contributed by atoms with Crippen LogP contribution in [0.2, 0.25) is 0 Å². The topological polar surface area (TPSA) is 217 Å². The number of aliphatic carboxylic acids is 1. The summed E-state index contributed by atoms with van der Waals surface area (Å²) in [7, 11) is 0. The Balaban J connectivity index is 2.21. The third kappa shape index (κ3) is 10.6. The molecule has 2 rings (SSSR count). The summed E-state index contributed by atoms with van der Waals surface area (Å²) in [6.45, 7) is 1.84. The quantitative estimate of drug-likeness (QED) is 0.140. The lowest BCUT2D eigenvalue weighted by molar-refractivity contribution is -0.142. The SMILES string of the molecule is CC(N)C(=O)NC(Cc1ccc(O)cc1)C(=O)NC(CCCCN)C(=O)NC(Cc1ccc(O)cc1)C(=O)O. The summed E-state index contributed by atoms with van der Waals surface area (Å²) < 4.78 is 0. The van der Waals surface area contributed by atoms with E-state index in [1.165, 1.54) is 31.2 Å². The number of hydrogen-bond donors (Lipinski definition) is 8. The van der Waals surface area contributed by atoms with Gasteiger partial charge in [0.2, 0.25) is 17.7 Å². The highest BCUT2D eigenvalue weighted by Gasteiger charge is 2.30. The zero-order valence-electron chi connectivity index (χ0n) is 21.8. The van der Waals surface area contributed by atoms with Gasteiger partial charge in [-0.05, 0) is 68.1 Å². The van der Waals surface area contributed by atoms with E-state index in [2.05, 4.69) is 16.0 Å². The lowest BCUT2D eigenvalue weighted by Gasteiger charge is -2.25. The molecule has 10 N–H and O–H groups in total. The smallest absolute Gasteiger partial charge is 0.326 e. The molecule has 2 aromatic rings. The van der Waals surface area contributed by atoms with Crippen molar-refractivity contribution >= 4 is 23.7 Å². The fraction of sp³-hybridized carbons (Fsp3) is 0.407. The molecule has 39 heavy (non-hydrogen) atoms. The maximum Gasteiger partial charge on any atom is 0.326 e. The molecular formula is C27H37N5O7. The van der Waals surface area contributed by atoms with Crippen LogP contribution in [0, 0.1) is 0 Å². The van der Waals surface area contributed by atoms with Crippen molar-refractivity contribution in [3.63, 3.8) is 0 Å². The van der Waals surface area contributed by atoms with Crippen LogP contribution in [-0.4, -0.2) is 69.7 Å². The molecule has 0 bridgehead atoms. The standard InChI is InChI=1S/C27H37N5O7/c1-16(29)24(35)31-22(14-17-5-9-19(33)10-6-17)26(37)30-21(4-2-3-13-28)25(36)32-23(27(38)39)15-18-7-11-20(34)12-8-18/h5-12,16,21-23,33-34H,2-4,13-15,28-29H2,1H3,(H,30,37)(H,31,35)(H,32,36)(H,38,39). The summed E-state index contributed by atoms with van der Waals surface area (Å²) in [4.78, 5) is 50.7. The molecule has 0 aliphatic carbocycles. The van der Waals surface area contributed by atoms with Gasteiger partial charge in [-0.3, -0.25) is 14.4 Å². The van der Waals surface area contributed by atoms with Gasteiger partial charge in [0.05, 0.1) is 6.04 Å². The number of unbranched alkanes of at least 4 members (excludes halogenated alkanes) is 1. The van der Waals surface area contributed by atoms with Crippen LogP contribution in [0.4, 0.5) is 0 Å². The predicted molar refractivity (Wildman–Crippen MR) is 144 cm³/mol. The van der Waals surface area contributed by atoms with Crippen LogP contribution in [-0.2, 0) is 32.0 Å². The highest BCUT2D eigenvalue weighted by Crippen LogP contribution is 2.14. The Morgan fingerprint density at radius 3 is 1.62 bits per heavy atom. The van der Waals surface area contributed by atoms with Crippen molar-refractivity contribution < 1.29 is 34.5 Å². The number of carboxylic acid groups (broad SMARTS) is 1. The Bertz CT molecular complexity index is 1110. The second-order valence-corrected chi connectivity index (χ2v) is 9.34. The number of aromatic hydroxyl groups is 2. The fourth-order valence-electron chi connectivity index (χ4n) is 3.75. The number of rotatable bonds is 15. The van der Waals surface area contributed by atoms with E-state index < -0.39 is 47.9 Å². The summed E-state index contributed by atoms with van der Waals surface area (Å²) in [6.07, 6.45) is 1.26. The molecule has 12 nitrogen and oxygen atoms in total. The third-order valence-corrected chi connectivity index (χ3v) is 5.99. The fourth-order valence-corrected chi connectivity index (χ4v) is 3.75. The first-order valence-corrected chi connectivity index (χ1v) is 12.7. The highest BCUT2D eigenvalue weighted by molar-refractivity contribution is 5.94. The molecular weight excluding hydrogens is 506 g/mol. The number of amides is 3. The second-order valence-electron chi connectivity index (χ2n) is 9.34. The van der Waals surface area contributed by atoms with E-state index in [9.17, 15) is 34.5 Å². The number of carbonyl (C=O) groups excluding carboxylic acids is 3. The Labute approximate surface area is 226 Å². The minimum atomic E-state index is -1.29. The van der Waals surface area contributed by atoms with Gasteiger partial charge < -0.3 is 42.7 Å². The first kappa shape index (κ1) is 31.1. The summed E-state index contributed by atoms with van der Waals surface area (Å²) in [5, 5.41) is 36.4. The molecule has 0 saturated carbocycles. The van der Waals surface area contributed by atoms with E-state index in [0.717, 1.165) is 0 Å². The molecule has 0 saturated heterocycles. The van der Waals surface area contributed by atoms with E-state index in [1.54, 1.807) is 24.3 Å². The van der Waals surface area contributed by atoms with Crippen LogP contribution in [0.1, 0.15) is 37.3 Å².